The van der Waals surface area contributed by atoms with Crippen LogP contribution in [0.4, 0.5) is 12.7 Å². The molecule has 0 saturated heterocycles. The molecule has 0 aliphatic heterocycles. The van der Waals surface area contributed by atoms with Crippen LogP contribution in [0.3, 0.4) is 0 Å². The van der Waals surface area contributed by atoms with Crippen molar-refractivity contribution in [3.63, 3.8) is 0 Å². The average Bonchev–Trinajstić information content (AvgIpc) is 2.38. The van der Waals surface area contributed by atoms with E-state index in [2.05, 4.69) is 0 Å². The lowest BCUT2D eigenvalue weighted by atomic mass is 10.1. The highest BCUT2D eigenvalue weighted by atomic mass is 32.3. The lowest BCUT2D eigenvalue weighted by molar-refractivity contribution is 0.0655. The molecule has 2 atom stereocenters. The van der Waals surface area contributed by atoms with Crippen molar-refractivity contribution >= 4 is 10.2 Å². The van der Waals surface area contributed by atoms with Crippen LogP contribution in [0.25, 0.3) is 0 Å². The van der Waals surface area contributed by atoms with Crippen LogP contribution in [0, 0.1) is 17.8 Å². The van der Waals surface area contributed by atoms with Crippen molar-refractivity contribution in [2.75, 3.05) is 5.75 Å². The molecular formula is C7H9F3O2S. The number of halogens is 3. The summed E-state index contributed by atoms with van der Waals surface area (Å²) in [5.74, 6) is -4.95. The Labute approximate surface area is 74.3 Å². The summed E-state index contributed by atoms with van der Waals surface area (Å²) in [5, 5.41) is 0. The van der Waals surface area contributed by atoms with Gasteiger partial charge in [0, 0.05) is 11.8 Å². The van der Waals surface area contributed by atoms with Crippen molar-refractivity contribution in [1.82, 2.24) is 0 Å². The molecule has 0 aromatic rings. The highest BCUT2D eigenvalue weighted by molar-refractivity contribution is 7.86. The summed E-state index contributed by atoms with van der Waals surface area (Å²) >= 11 is 0. The van der Waals surface area contributed by atoms with Gasteiger partial charge in [-0.3, -0.25) is 0 Å². The minimum atomic E-state index is -4.49. The van der Waals surface area contributed by atoms with E-state index >= 15 is 0 Å². The van der Waals surface area contributed by atoms with Crippen molar-refractivity contribution in [2.24, 2.45) is 17.8 Å². The van der Waals surface area contributed by atoms with Crippen LogP contribution in [0.5, 0.6) is 0 Å². The normalized spacial score (nSPS) is 41.6. The molecule has 0 spiro atoms. The average molecular weight is 214 g/mol. The van der Waals surface area contributed by atoms with E-state index in [1.54, 1.807) is 0 Å². The van der Waals surface area contributed by atoms with Crippen molar-refractivity contribution in [1.29, 1.82) is 0 Å². The maximum absolute atomic E-state index is 12.6. The summed E-state index contributed by atoms with van der Waals surface area (Å²) in [6, 6.07) is 0. The van der Waals surface area contributed by atoms with Crippen LogP contribution in [0.15, 0.2) is 0 Å². The molecule has 2 rings (SSSR count). The quantitative estimate of drug-likeness (QED) is 0.654. The highest BCUT2D eigenvalue weighted by Crippen LogP contribution is 2.65. The van der Waals surface area contributed by atoms with Gasteiger partial charge in [0.05, 0.1) is 5.75 Å². The molecular weight excluding hydrogens is 205 g/mol. The van der Waals surface area contributed by atoms with Crippen LogP contribution in [-0.4, -0.2) is 20.1 Å². The van der Waals surface area contributed by atoms with E-state index in [0.29, 0.717) is 0 Å². The van der Waals surface area contributed by atoms with Crippen molar-refractivity contribution in [3.05, 3.63) is 0 Å². The van der Waals surface area contributed by atoms with E-state index in [4.69, 9.17) is 0 Å². The van der Waals surface area contributed by atoms with E-state index < -0.39 is 39.7 Å². The van der Waals surface area contributed by atoms with Gasteiger partial charge in [-0.15, -0.1) is 3.89 Å². The first-order valence-corrected chi connectivity index (χ1v) is 5.66. The molecule has 76 valence electrons. The molecule has 6 heteroatoms. The van der Waals surface area contributed by atoms with E-state index in [0.717, 1.165) is 0 Å². The van der Waals surface area contributed by atoms with Gasteiger partial charge in [-0.05, 0) is 18.8 Å². The zero-order valence-corrected chi connectivity index (χ0v) is 7.53. The molecule has 0 aromatic heterocycles. The lowest BCUT2D eigenvalue weighted by Crippen LogP contribution is -2.15. The summed E-state index contributed by atoms with van der Waals surface area (Å²) in [6.45, 7) is 0. The molecule has 13 heavy (non-hydrogen) atoms. The van der Waals surface area contributed by atoms with Crippen LogP contribution >= 0.6 is 0 Å². The first kappa shape index (κ1) is 9.30. The Kier molecular flexibility index (Phi) is 1.72. The standard InChI is InChI=1S/C7H9F3O2S/c8-7(9)5-1-4(2-6(5)7)3-13(10,11)12/h4-6H,1-3H2. The fourth-order valence-corrected chi connectivity index (χ4v) is 3.17. The van der Waals surface area contributed by atoms with E-state index in [9.17, 15) is 21.1 Å². The van der Waals surface area contributed by atoms with E-state index in [1.165, 1.54) is 0 Å². The second kappa shape index (κ2) is 2.40. The Balaban J connectivity index is 1.91. The van der Waals surface area contributed by atoms with E-state index in [-0.39, 0.29) is 12.8 Å². The van der Waals surface area contributed by atoms with Crippen LogP contribution in [0.1, 0.15) is 12.8 Å². The van der Waals surface area contributed by atoms with Gasteiger partial charge in [0.1, 0.15) is 0 Å². The molecule has 2 unspecified atom stereocenters. The zero-order chi connectivity index (χ0) is 9.85. The molecule has 0 radical (unpaired) electrons. The van der Waals surface area contributed by atoms with Crippen molar-refractivity contribution < 1.29 is 21.1 Å². The number of rotatable bonds is 2. The molecule has 0 heterocycles. The molecule has 0 aromatic carbocycles. The minimum Gasteiger partial charge on any atom is -0.206 e. The lowest BCUT2D eigenvalue weighted by Gasteiger charge is -2.10. The Morgan fingerprint density at radius 2 is 1.69 bits per heavy atom. The van der Waals surface area contributed by atoms with Crippen molar-refractivity contribution in [3.8, 4) is 0 Å². The second-order valence-electron chi connectivity index (χ2n) is 3.93. The monoisotopic (exact) mass is 214 g/mol. The predicted molar refractivity (Wildman–Crippen MR) is 39.5 cm³/mol. The minimum absolute atomic E-state index is 0.154. The van der Waals surface area contributed by atoms with Gasteiger partial charge in [0.15, 0.2) is 0 Å². The van der Waals surface area contributed by atoms with Gasteiger partial charge in [-0.1, -0.05) is 0 Å². The first-order valence-electron chi connectivity index (χ1n) is 4.11. The van der Waals surface area contributed by atoms with Gasteiger partial charge < -0.3 is 0 Å². The summed E-state index contributed by atoms with van der Waals surface area (Å²) in [6.07, 6.45) is 0.307. The fourth-order valence-electron chi connectivity index (χ4n) is 2.34. The van der Waals surface area contributed by atoms with Gasteiger partial charge >= 0.3 is 10.2 Å². The Bertz CT molecular complexity index is 311. The smallest absolute Gasteiger partial charge is 0.206 e. The summed E-state index contributed by atoms with van der Waals surface area (Å²) in [5.41, 5.74) is 0. The van der Waals surface area contributed by atoms with Crippen molar-refractivity contribution in [2.45, 2.75) is 18.8 Å². The first-order chi connectivity index (χ1) is 5.81. The van der Waals surface area contributed by atoms with Crippen LogP contribution in [-0.2, 0) is 10.2 Å². The Morgan fingerprint density at radius 1 is 1.23 bits per heavy atom. The number of fused-ring (bicyclic) bond motifs is 1. The number of hydrogen-bond acceptors (Lipinski definition) is 2. The third-order valence-corrected chi connectivity index (χ3v) is 3.84. The van der Waals surface area contributed by atoms with Crippen LogP contribution in [0.2, 0.25) is 0 Å². The Hall–Kier alpha value is -0.260. The molecule has 0 amide bonds. The molecule has 2 aliphatic carbocycles. The molecule has 2 aliphatic rings. The third kappa shape index (κ3) is 1.56. The molecule has 2 fully saturated rings. The highest BCUT2D eigenvalue weighted by Gasteiger charge is 2.71. The largest absolute Gasteiger partial charge is 0.302 e. The van der Waals surface area contributed by atoms with Gasteiger partial charge in [0.2, 0.25) is 0 Å². The third-order valence-electron chi connectivity index (χ3n) is 2.97. The molecule has 2 nitrogen and oxygen atoms in total. The van der Waals surface area contributed by atoms with E-state index in [1.807, 2.05) is 0 Å². The van der Waals surface area contributed by atoms with Gasteiger partial charge in [-0.2, -0.15) is 8.42 Å². The fraction of sp³-hybridized carbons (Fsp3) is 1.00. The summed E-state index contributed by atoms with van der Waals surface area (Å²) in [4.78, 5) is 0. The second-order valence-corrected chi connectivity index (χ2v) is 5.34. The predicted octanol–water partition coefficient (Wildman–Crippen LogP) is 1.58. The summed E-state index contributed by atoms with van der Waals surface area (Å²) in [7, 11) is -4.49. The topological polar surface area (TPSA) is 34.1 Å². The maximum atomic E-state index is 12.6. The number of alkyl halides is 2. The molecule has 2 saturated carbocycles. The van der Waals surface area contributed by atoms with Crippen LogP contribution < -0.4 is 0 Å². The maximum Gasteiger partial charge on any atom is 0.302 e. The molecule has 0 bridgehead atoms. The number of hydrogen-bond donors (Lipinski definition) is 0. The zero-order valence-electron chi connectivity index (χ0n) is 6.71. The van der Waals surface area contributed by atoms with Gasteiger partial charge in [0.25, 0.3) is 5.92 Å². The molecule has 0 N–H and O–H groups in total. The SMILES string of the molecule is O=S(=O)(F)CC1CC2C(C1)C2(F)F. The Morgan fingerprint density at radius 3 is 2.08 bits per heavy atom. The van der Waals surface area contributed by atoms with Gasteiger partial charge in [-0.25, -0.2) is 8.78 Å². The summed E-state index contributed by atoms with van der Waals surface area (Å²) < 4.78 is 57.8.